The molecule has 0 aliphatic heterocycles. The fourth-order valence-corrected chi connectivity index (χ4v) is 0.527. The summed E-state index contributed by atoms with van der Waals surface area (Å²) in [5.41, 5.74) is 8.83. The van der Waals surface area contributed by atoms with E-state index >= 15 is 0 Å². The molecule has 0 rings (SSSR count). The lowest BCUT2D eigenvalue weighted by Gasteiger charge is -1.99. The first-order valence-corrected chi connectivity index (χ1v) is 4.28. The van der Waals surface area contributed by atoms with E-state index in [0.717, 1.165) is 0 Å². The second-order valence-electron chi connectivity index (χ2n) is 2.29. The highest BCUT2D eigenvalue weighted by molar-refractivity contribution is 6.61. The van der Waals surface area contributed by atoms with Crippen molar-refractivity contribution in [1.82, 2.24) is 0 Å². The number of carboxylic acid groups (broad SMARTS) is 1. The summed E-state index contributed by atoms with van der Waals surface area (Å²) in [6.45, 7) is 2.04. The molecule has 0 aliphatic rings. The molecule has 0 aromatic heterocycles. The molecule has 5 N–H and O–H groups in total. The van der Waals surface area contributed by atoms with Crippen LogP contribution in [0.1, 0.15) is 13.3 Å². The Kier molecular flexibility index (Phi) is 9.90. The number of carboxylic acids is 1. The second kappa shape index (κ2) is 9.22. The van der Waals surface area contributed by atoms with Gasteiger partial charge >= 0.3 is 11.4 Å². The number of aliphatic carboxylic acids is 1. The average molecular weight is 241 g/mol. The molecule has 0 radical (unpaired) electrons. The summed E-state index contributed by atoms with van der Waals surface area (Å²) in [5, 5.41) is 8.10. The molecule has 7 nitrogen and oxygen atoms in total. The molecule has 0 aliphatic carbocycles. The number of ether oxygens (including phenoxy) is 1. The predicted octanol–water partition coefficient (Wildman–Crippen LogP) is -0.345. The quantitative estimate of drug-likeness (QED) is 0.576. The minimum atomic E-state index is -1.21. The van der Waals surface area contributed by atoms with Gasteiger partial charge in [0.2, 0.25) is 5.91 Å². The summed E-state index contributed by atoms with van der Waals surface area (Å²) < 4.78 is 4.17. The Hall–Kier alpha value is -1.34. The highest BCUT2D eigenvalue weighted by atomic mass is 35.5. The molecule has 0 spiro atoms. The van der Waals surface area contributed by atoms with Gasteiger partial charge in [0.1, 0.15) is 6.04 Å². The molecule has 0 saturated heterocycles. The summed E-state index contributed by atoms with van der Waals surface area (Å²) in [6, 6.07) is -1.16. The van der Waals surface area contributed by atoms with Gasteiger partial charge in [-0.2, -0.15) is 0 Å². The van der Waals surface area contributed by atoms with Crippen LogP contribution in [0.15, 0.2) is 0 Å². The number of carbonyl (C=O) groups excluding carboxylic acids is 2. The van der Waals surface area contributed by atoms with E-state index in [1.54, 1.807) is 6.92 Å². The third-order valence-corrected chi connectivity index (χ3v) is 1.11. The van der Waals surface area contributed by atoms with E-state index in [2.05, 4.69) is 10.5 Å². The van der Waals surface area contributed by atoms with Gasteiger partial charge in [0.15, 0.2) is 0 Å². The van der Waals surface area contributed by atoms with Crippen molar-refractivity contribution in [3.8, 4) is 0 Å². The molecule has 0 saturated carbocycles. The summed E-state index contributed by atoms with van der Waals surface area (Å²) in [5.74, 6) is -1.92. The van der Waals surface area contributed by atoms with Crippen LogP contribution in [0.2, 0.25) is 0 Å². The van der Waals surface area contributed by atoms with Crippen molar-refractivity contribution in [2.75, 3.05) is 6.61 Å². The van der Waals surface area contributed by atoms with Gasteiger partial charge in [-0.3, -0.25) is 9.59 Å². The molecule has 0 aromatic carbocycles. The predicted molar refractivity (Wildman–Crippen MR) is 52.3 cm³/mol. The van der Waals surface area contributed by atoms with Crippen LogP contribution in [-0.4, -0.2) is 35.1 Å². The maximum Gasteiger partial charge on any atom is 0.403 e. The Morgan fingerprint density at radius 3 is 2.00 bits per heavy atom. The highest BCUT2D eigenvalue weighted by Gasteiger charge is 2.13. The fourth-order valence-electron chi connectivity index (χ4n) is 0.418. The molecule has 8 heteroatoms. The van der Waals surface area contributed by atoms with Crippen LogP contribution < -0.4 is 11.5 Å². The molecule has 1 atom stereocenters. The topological polar surface area (TPSA) is 133 Å². The lowest BCUT2D eigenvalue weighted by molar-refractivity contribution is -0.140. The number of carbonyl (C=O) groups is 3. The van der Waals surface area contributed by atoms with Crippen LogP contribution in [0.5, 0.6) is 0 Å². The zero-order chi connectivity index (χ0) is 12.4. The molecule has 0 aromatic rings. The molecule has 15 heavy (non-hydrogen) atoms. The molecular formula is C7H13ClN2O5. The van der Waals surface area contributed by atoms with Crippen LogP contribution in [0.3, 0.4) is 0 Å². The number of halogens is 1. The van der Waals surface area contributed by atoms with Gasteiger partial charge < -0.3 is 21.3 Å². The molecule has 88 valence electrons. The van der Waals surface area contributed by atoms with Gasteiger partial charge in [-0.15, -0.1) is 0 Å². The van der Waals surface area contributed by atoms with Crippen LogP contribution in [0.25, 0.3) is 0 Å². The maximum atomic E-state index is 9.99. The number of hydrogen-bond donors (Lipinski definition) is 3. The molecule has 0 bridgehead atoms. The van der Waals surface area contributed by atoms with E-state index < -0.39 is 23.3 Å². The van der Waals surface area contributed by atoms with Crippen molar-refractivity contribution in [2.24, 2.45) is 11.5 Å². The van der Waals surface area contributed by atoms with Crippen LogP contribution in [-0.2, 0) is 14.3 Å². The molecular weight excluding hydrogens is 228 g/mol. The Morgan fingerprint density at radius 1 is 1.47 bits per heavy atom. The third-order valence-electron chi connectivity index (χ3n) is 0.996. The number of primary amides is 1. The normalized spacial score (nSPS) is 10.6. The van der Waals surface area contributed by atoms with E-state index in [-0.39, 0.29) is 6.42 Å². The van der Waals surface area contributed by atoms with Crippen molar-refractivity contribution >= 4 is 28.9 Å². The average Bonchev–Trinajstić information content (AvgIpc) is 2.03. The number of amides is 1. The van der Waals surface area contributed by atoms with Gasteiger partial charge in [0.05, 0.1) is 13.0 Å². The Morgan fingerprint density at radius 2 is 1.93 bits per heavy atom. The van der Waals surface area contributed by atoms with E-state index in [1.165, 1.54) is 0 Å². The zero-order valence-electron chi connectivity index (χ0n) is 8.10. The van der Waals surface area contributed by atoms with E-state index in [0.29, 0.717) is 6.61 Å². The Balaban J connectivity index is 0. The number of hydrogen-bond acceptors (Lipinski definition) is 5. The fraction of sp³-hybridized carbons (Fsp3) is 0.571. The van der Waals surface area contributed by atoms with E-state index in [1.807, 2.05) is 0 Å². The number of nitrogens with two attached hydrogens (primary N) is 2. The summed E-state index contributed by atoms with van der Waals surface area (Å²) in [4.78, 5) is 29.5. The second-order valence-corrected chi connectivity index (χ2v) is 2.59. The SMILES string of the molecule is CCOC(=O)Cl.NC(=O)CC(N)C(=O)O. The van der Waals surface area contributed by atoms with Crippen LogP contribution in [0, 0.1) is 0 Å². The Labute approximate surface area is 91.3 Å². The molecule has 0 heterocycles. The molecule has 1 unspecified atom stereocenters. The first kappa shape index (κ1) is 16.1. The van der Waals surface area contributed by atoms with Crippen molar-refractivity contribution < 1.29 is 24.2 Å². The zero-order valence-corrected chi connectivity index (χ0v) is 8.86. The van der Waals surface area contributed by atoms with Crippen molar-refractivity contribution in [2.45, 2.75) is 19.4 Å². The summed E-state index contributed by atoms with van der Waals surface area (Å²) >= 11 is 4.72. The monoisotopic (exact) mass is 240 g/mol. The van der Waals surface area contributed by atoms with Crippen molar-refractivity contribution in [3.63, 3.8) is 0 Å². The van der Waals surface area contributed by atoms with E-state index in [9.17, 15) is 14.4 Å². The smallest absolute Gasteiger partial charge is 0.403 e. The summed E-state index contributed by atoms with van der Waals surface area (Å²) in [6.07, 6.45) is -0.310. The maximum absolute atomic E-state index is 9.99. The van der Waals surface area contributed by atoms with Gasteiger partial charge in [-0.05, 0) is 6.92 Å². The molecule has 1 amide bonds. The van der Waals surface area contributed by atoms with Crippen LogP contribution in [0.4, 0.5) is 4.79 Å². The lowest BCUT2D eigenvalue weighted by Crippen LogP contribution is -2.34. The Bertz CT molecular complexity index is 233. The largest absolute Gasteiger partial charge is 0.480 e. The van der Waals surface area contributed by atoms with E-state index in [4.69, 9.17) is 22.4 Å². The highest BCUT2D eigenvalue weighted by Crippen LogP contribution is 1.84. The van der Waals surface area contributed by atoms with Gasteiger partial charge in [0.25, 0.3) is 0 Å². The van der Waals surface area contributed by atoms with Gasteiger partial charge in [-0.1, -0.05) is 0 Å². The van der Waals surface area contributed by atoms with Gasteiger partial charge in [0, 0.05) is 11.6 Å². The first-order chi connectivity index (χ1) is 6.81. The minimum Gasteiger partial charge on any atom is -0.480 e. The molecule has 0 fully saturated rings. The van der Waals surface area contributed by atoms with Crippen LogP contribution >= 0.6 is 11.6 Å². The minimum absolute atomic E-state index is 0.310. The van der Waals surface area contributed by atoms with Crippen molar-refractivity contribution in [1.29, 1.82) is 0 Å². The summed E-state index contributed by atoms with van der Waals surface area (Å²) in [7, 11) is 0. The standard InChI is InChI=1S/C4H8N2O3.C3H5ClO2/c5-2(4(8)9)1-3(6)7;1-2-6-3(4)5/h2H,1,5H2,(H2,6,7)(H,8,9);2H2,1H3. The third kappa shape index (κ3) is 15.4. The van der Waals surface area contributed by atoms with Crippen molar-refractivity contribution in [3.05, 3.63) is 0 Å². The first-order valence-electron chi connectivity index (χ1n) is 3.90. The number of rotatable bonds is 4. The van der Waals surface area contributed by atoms with Gasteiger partial charge in [-0.25, -0.2) is 4.79 Å². The lowest BCUT2D eigenvalue weighted by atomic mass is 10.2.